The fraction of sp³-hybridized carbons (Fsp3) is 0.667. The molecule has 2 rings (SSSR count). The zero-order valence-corrected chi connectivity index (χ0v) is 12.1. The lowest BCUT2D eigenvalue weighted by molar-refractivity contribution is 0.326. The molecule has 1 aliphatic rings. The SMILES string of the molecule is CCOc1cccc(N(CC)CC2CCCCN2)n1. The molecule has 0 bridgehead atoms. The van der Waals surface area contributed by atoms with Crippen LogP contribution in [0.15, 0.2) is 18.2 Å². The molecule has 4 nitrogen and oxygen atoms in total. The van der Waals surface area contributed by atoms with E-state index in [0.717, 1.165) is 31.3 Å². The first kappa shape index (κ1) is 14.1. The zero-order valence-electron chi connectivity index (χ0n) is 12.1. The third-order valence-electron chi connectivity index (χ3n) is 3.56. The van der Waals surface area contributed by atoms with Gasteiger partial charge in [-0.2, -0.15) is 4.98 Å². The van der Waals surface area contributed by atoms with Crippen LogP contribution in [0.5, 0.6) is 5.88 Å². The van der Waals surface area contributed by atoms with Gasteiger partial charge in [0, 0.05) is 25.2 Å². The number of anilines is 1. The van der Waals surface area contributed by atoms with Crippen LogP contribution in [0.3, 0.4) is 0 Å². The molecule has 1 aromatic heterocycles. The van der Waals surface area contributed by atoms with Crippen molar-refractivity contribution in [1.82, 2.24) is 10.3 Å². The van der Waals surface area contributed by atoms with Crippen molar-refractivity contribution in [1.29, 1.82) is 0 Å². The molecule has 1 unspecified atom stereocenters. The number of likely N-dealkylation sites (N-methyl/N-ethyl adjacent to an activating group) is 1. The number of piperidine rings is 1. The second-order valence-electron chi connectivity index (χ2n) is 4.95. The summed E-state index contributed by atoms with van der Waals surface area (Å²) in [5, 5.41) is 3.59. The Morgan fingerprint density at radius 3 is 2.95 bits per heavy atom. The summed E-state index contributed by atoms with van der Waals surface area (Å²) in [6.07, 6.45) is 3.91. The van der Waals surface area contributed by atoms with E-state index in [2.05, 4.69) is 28.2 Å². The highest BCUT2D eigenvalue weighted by Crippen LogP contribution is 2.17. The summed E-state index contributed by atoms with van der Waals surface area (Å²) >= 11 is 0. The van der Waals surface area contributed by atoms with Crippen LogP contribution in [0, 0.1) is 0 Å². The number of hydrogen-bond donors (Lipinski definition) is 1. The van der Waals surface area contributed by atoms with Gasteiger partial charge in [-0.3, -0.25) is 0 Å². The molecule has 1 fully saturated rings. The van der Waals surface area contributed by atoms with Crippen molar-refractivity contribution >= 4 is 5.82 Å². The van der Waals surface area contributed by atoms with E-state index in [1.54, 1.807) is 0 Å². The average molecular weight is 263 g/mol. The van der Waals surface area contributed by atoms with E-state index < -0.39 is 0 Å². The topological polar surface area (TPSA) is 37.4 Å². The van der Waals surface area contributed by atoms with Crippen LogP contribution < -0.4 is 15.0 Å². The number of hydrogen-bond acceptors (Lipinski definition) is 4. The minimum atomic E-state index is 0.589. The third kappa shape index (κ3) is 4.10. The van der Waals surface area contributed by atoms with E-state index in [0.29, 0.717) is 12.6 Å². The van der Waals surface area contributed by atoms with Gasteiger partial charge in [0.05, 0.1) is 6.61 Å². The predicted octanol–water partition coefficient (Wildman–Crippen LogP) is 2.45. The van der Waals surface area contributed by atoms with Gasteiger partial charge in [-0.25, -0.2) is 0 Å². The van der Waals surface area contributed by atoms with Crippen LogP contribution in [-0.4, -0.2) is 37.3 Å². The van der Waals surface area contributed by atoms with Crippen molar-refractivity contribution in [3.05, 3.63) is 18.2 Å². The summed E-state index contributed by atoms with van der Waals surface area (Å²) in [4.78, 5) is 6.90. The quantitative estimate of drug-likeness (QED) is 0.855. The molecule has 106 valence electrons. The van der Waals surface area contributed by atoms with Crippen LogP contribution in [0.1, 0.15) is 33.1 Å². The number of nitrogens with zero attached hydrogens (tertiary/aromatic N) is 2. The van der Waals surface area contributed by atoms with Crippen molar-refractivity contribution in [2.75, 3.05) is 31.1 Å². The largest absolute Gasteiger partial charge is 0.478 e. The highest BCUT2D eigenvalue weighted by molar-refractivity contribution is 5.40. The Morgan fingerprint density at radius 1 is 1.37 bits per heavy atom. The second-order valence-corrected chi connectivity index (χ2v) is 4.95. The minimum absolute atomic E-state index is 0.589. The molecule has 19 heavy (non-hydrogen) atoms. The smallest absolute Gasteiger partial charge is 0.215 e. The maximum Gasteiger partial charge on any atom is 0.215 e. The van der Waals surface area contributed by atoms with E-state index in [4.69, 9.17) is 4.74 Å². The highest BCUT2D eigenvalue weighted by atomic mass is 16.5. The molecular formula is C15H25N3O. The molecular weight excluding hydrogens is 238 g/mol. The minimum Gasteiger partial charge on any atom is -0.478 e. The first-order chi connectivity index (χ1) is 9.33. The Labute approximate surface area is 116 Å². The fourth-order valence-corrected chi connectivity index (χ4v) is 2.54. The van der Waals surface area contributed by atoms with Crippen molar-refractivity contribution in [2.45, 2.75) is 39.2 Å². The normalized spacial score (nSPS) is 19.2. The Balaban J connectivity index is 2.01. The maximum atomic E-state index is 5.48. The van der Waals surface area contributed by atoms with E-state index in [9.17, 15) is 0 Å². The van der Waals surface area contributed by atoms with Gasteiger partial charge in [-0.15, -0.1) is 0 Å². The van der Waals surface area contributed by atoms with Gasteiger partial charge < -0.3 is 15.0 Å². The molecule has 1 N–H and O–H groups in total. The molecule has 1 saturated heterocycles. The standard InChI is InChI=1S/C15H25N3O/c1-3-18(12-13-8-5-6-11-16-13)14-9-7-10-15(17-14)19-4-2/h7,9-10,13,16H,3-6,8,11-12H2,1-2H3. The van der Waals surface area contributed by atoms with E-state index >= 15 is 0 Å². The lowest BCUT2D eigenvalue weighted by atomic mass is 10.0. The van der Waals surface area contributed by atoms with Gasteiger partial charge in [0.15, 0.2) is 0 Å². The average Bonchev–Trinajstić information content (AvgIpc) is 2.46. The molecule has 2 heterocycles. The van der Waals surface area contributed by atoms with Crippen molar-refractivity contribution in [3.8, 4) is 5.88 Å². The third-order valence-corrected chi connectivity index (χ3v) is 3.56. The van der Waals surface area contributed by atoms with Crippen molar-refractivity contribution < 1.29 is 4.74 Å². The Morgan fingerprint density at radius 2 is 2.26 bits per heavy atom. The van der Waals surface area contributed by atoms with Gasteiger partial charge in [-0.05, 0) is 39.3 Å². The summed E-state index contributed by atoms with van der Waals surface area (Å²) in [7, 11) is 0. The van der Waals surface area contributed by atoms with Crippen LogP contribution in [0.25, 0.3) is 0 Å². The molecule has 1 atom stereocenters. The van der Waals surface area contributed by atoms with Crippen molar-refractivity contribution in [3.63, 3.8) is 0 Å². The van der Waals surface area contributed by atoms with E-state index in [1.165, 1.54) is 19.3 Å². The maximum absolute atomic E-state index is 5.48. The summed E-state index contributed by atoms with van der Waals surface area (Å²) in [6.45, 7) is 7.97. The lowest BCUT2D eigenvalue weighted by Crippen LogP contribution is -2.44. The number of rotatable bonds is 6. The fourth-order valence-electron chi connectivity index (χ4n) is 2.54. The summed E-state index contributed by atoms with van der Waals surface area (Å²) in [5.74, 6) is 1.73. The van der Waals surface area contributed by atoms with Gasteiger partial charge in [0.25, 0.3) is 0 Å². The van der Waals surface area contributed by atoms with Gasteiger partial charge in [0.1, 0.15) is 5.82 Å². The monoisotopic (exact) mass is 263 g/mol. The number of nitrogens with one attached hydrogen (secondary N) is 1. The lowest BCUT2D eigenvalue weighted by Gasteiger charge is -2.30. The van der Waals surface area contributed by atoms with Gasteiger partial charge in [-0.1, -0.05) is 12.5 Å². The first-order valence-corrected chi connectivity index (χ1v) is 7.41. The van der Waals surface area contributed by atoms with Crippen molar-refractivity contribution in [2.24, 2.45) is 0 Å². The Bertz CT molecular complexity index is 377. The van der Waals surface area contributed by atoms with Gasteiger partial charge in [0.2, 0.25) is 5.88 Å². The predicted molar refractivity (Wildman–Crippen MR) is 78.9 cm³/mol. The number of aromatic nitrogens is 1. The van der Waals surface area contributed by atoms with Crippen LogP contribution in [0.4, 0.5) is 5.82 Å². The first-order valence-electron chi connectivity index (χ1n) is 7.41. The molecule has 4 heteroatoms. The molecule has 0 amide bonds. The van der Waals surface area contributed by atoms with Crippen LogP contribution in [0.2, 0.25) is 0 Å². The second kappa shape index (κ2) is 7.34. The van der Waals surface area contributed by atoms with E-state index in [-0.39, 0.29) is 0 Å². The molecule has 0 spiro atoms. The molecule has 1 aliphatic heterocycles. The highest BCUT2D eigenvalue weighted by Gasteiger charge is 2.17. The molecule has 0 aliphatic carbocycles. The molecule has 0 radical (unpaired) electrons. The molecule has 0 saturated carbocycles. The van der Waals surface area contributed by atoms with E-state index in [1.807, 2.05) is 19.1 Å². The Kier molecular flexibility index (Phi) is 5.45. The number of pyridine rings is 1. The van der Waals surface area contributed by atoms with Gasteiger partial charge >= 0.3 is 0 Å². The summed E-state index contributed by atoms with van der Waals surface area (Å²) in [6, 6.07) is 6.59. The molecule has 1 aromatic rings. The molecule has 0 aromatic carbocycles. The number of ether oxygens (including phenoxy) is 1. The summed E-state index contributed by atoms with van der Waals surface area (Å²) in [5.41, 5.74) is 0. The Hall–Kier alpha value is -1.29. The van der Waals surface area contributed by atoms with Crippen LogP contribution >= 0.6 is 0 Å². The zero-order chi connectivity index (χ0) is 13.5. The van der Waals surface area contributed by atoms with Crippen LogP contribution in [-0.2, 0) is 0 Å². The summed E-state index contributed by atoms with van der Waals surface area (Å²) < 4.78 is 5.48.